The second kappa shape index (κ2) is 5.15. The Kier molecular flexibility index (Phi) is 3.59. The molecule has 4 heteroatoms. The number of rotatable bonds is 3. The van der Waals surface area contributed by atoms with Crippen LogP contribution in [0.2, 0.25) is 5.02 Å². The molecular formula is C13H14ClN3. The van der Waals surface area contributed by atoms with Crippen LogP contribution in [0, 0.1) is 6.92 Å². The zero-order chi connectivity index (χ0) is 12.3. The van der Waals surface area contributed by atoms with E-state index in [4.69, 9.17) is 11.6 Å². The molecule has 0 bridgehead atoms. The molecule has 0 amide bonds. The molecule has 0 aliphatic carbocycles. The van der Waals surface area contributed by atoms with Crippen molar-refractivity contribution in [3.05, 3.63) is 41.2 Å². The zero-order valence-electron chi connectivity index (χ0n) is 9.87. The summed E-state index contributed by atoms with van der Waals surface area (Å²) in [5, 5.41) is 3.92. The van der Waals surface area contributed by atoms with Crippen molar-refractivity contribution >= 4 is 17.4 Å². The topological polar surface area (TPSA) is 37.8 Å². The van der Waals surface area contributed by atoms with Gasteiger partial charge in [-0.3, -0.25) is 0 Å². The molecule has 88 valence electrons. The quantitative estimate of drug-likeness (QED) is 0.902. The number of halogens is 1. The van der Waals surface area contributed by atoms with E-state index in [1.165, 1.54) is 0 Å². The summed E-state index contributed by atoms with van der Waals surface area (Å²) in [4.78, 5) is 8.54. The summed E-state index contributed by atoms with van der Waals surface area (Å²) < 4.78 is 0. The molecule has 0 saturated heterocycles. The van der Waals surface area contributed by atoms with Gasteiger partial charge in [-0.25, -0.2) is 9.97 Å². The van der Waals surface area contributed by atoms with Gasteiger partial charge in [0.1, 0.15) is 12.1 Å². The third kappa shape index (κ3) is 2.39. The maximum Gasteiger partial charge on any atom is 0.132 e. The summed E-state index contributed by atoms with van der Waals surface area (Å²) >= 11 is 6.18. The van der Waals surface area contributed by atoms with E-state index in [1.54, 1.807) is 6.33 Å². The molecule has 3 nitrogen and oxygen atoms in total. The van der Waals surface area contributed by atoms with Crippen molar-refractivity contribution in [3.8, 4) is 11.3 Å². The Morgan fingerprint density at radius 3 is 2.71 bits per heavy atom. The smallest absolute Gasteiger partial charge is 0.132 e. The zero-order valence-corrected chi connectivity index (χ0v) is 10.6. The highest BCUT2D eigenvalue weighted by atomic mass is 35.5. The van der Waals surface area contributed by atoms with Crippen LogP contribution in [0.5, 0.6) is 0 Å². The molecule has 0 unspecified atom stereocenters. The molecule has 0 saturated carbocycles. The molecule has 1 N–H and O–H groups in total. The summed E-state index contributed by atoms with van der Waals surface area (Å²) in [5.41, 5.74) is 2.83. The first-order valence-corrected chi connectivity index (χ1v) is 5.92. The van der Waals surface area contributed by atoms with Crippen molar-refractivity contribution in [3.63, 3.8) is 0 Å². The Morgan fingerprint density at radius 2 is 2.00 bits per heavy atom. The third-order valence-electron chi connectivity index (χ3n) is 2.56. The Labute approximate surface area is 106 Å². The van der Waals surface area contributed by atoms with Crippen LogP contribution in [-0.4, -0.2) is 16.5 Å². The largest absolute Gasteiger partial charge is 0.370 e. The minimum Gasteiger partial charge on any atom is -0.370 e. The van der Waals surface area contributed by atoms with Crippen molar-refractivity contribution in [1.82, 2.24) is 9.97 Å². The number of nitrogens with zero attached hydrogens (tertiary/aromatic N) is 2. The molecule has 1 aromatic heterocycles. The van der Waals surface area contributed by atoms with Gasteiger partial charge in [0.2, 0.25) is 0 Å². The van der Waals surface area contributed by atoms with E-state index in [0.29, 0.717) is 5.02 Å². The number of hydrogen-bond donors (Lipinski definition) is 1. The first-order valence-electron chi connectivity index (χ1n) is 5.54. The van der Waals surface area contributed by atoms with E-state index in [1.807, 2.05) is 38.1 Å². The standard InChI is InChI=1S/C13H14ClN3/c1-3-15-13-9(2)12(16-8-17-13)10-6-4-5-7-11(10)14/h4-8H,3H2,1-2H3,(H,15,16,17). The average Bonchev–Trinajstić information content (AvgIpc) is 2.33. The van der Waals surface area contributed by atoms with Gasteiger partial charge in [-0.1, -0.05) is 29.8 Å². The minimum absolute atomic E-state index is 0.705. The summed E-state index contributed by atoms with van der Waals surface area (Å²) in [5.74, 6) is 0.859. The maximum atomic E-state index is 6.18. The van der Waals surface area contributed by atoms with Crippen LogP contribution in [0.3, 0.4) is 0 Å². The van der Waals surface area contributed by atoms with Crippen LogP contribution in [0.4, 0.5) is 5.82 Å². The summed E-state index contributed by atoms with van der Waals surface area (Å²) in [7, 11) is 0. The molecular weight excluding hydrogens is 234 g/mol. The van der Waals surface area contributed by atoms with Crippen LogP contribution >= 0.6 is 11.6 Å². The lowest BCUT2D eigenvalue weighted by atomic mass is 10.1. The van der Waals surface area contributed by atoms with Crippen molar-refractivity contribution in [1.29, 1.82) is 0 Å². The third-order valence-corrected chi connectivity index (χ3v) is 2.89. The number of nitrogens with one attached hydrogen (secondary N) is 1. The van der Waals surface area contributed by atoms with Gasteiger partial charge in [0, 0.05) is 22.7 Å². The number of benzene rings is 1. The molecule has 0 spiro atoms. The van der Waals surface area contributed by atoms with Crippen LogP contribution in [0.25, 0.3) is 11.3 Å². The second-order valence-corrected chi connectivity index (χ2v) is 4.11. The highest BCUT2D eigenvalue weighted by Crippen LogP contribution is 2.30. The Balaban J connectivity index is 2.53. The fourth-order valence-electron chi connectivity index (χ4n) is 1.72. The minimum atomic E-state index is 0.705. The molecule has 17 heavy (non-hydrogen) atoms. The maximum absolute atomic E-state index is 6.18. The molecule has 1 heterocycles. The van der Waals surface area contributed by atoms with E-state index >= 15 is 0 Å². The van der Waals surface area contributed by atoms with Gasteiger partial charge in [-0.15, -0.1) is 0 Å². The van der Waals surface area contributed by atoms with Crippen molar-refractivity contribution in [2.45, 2.75) is 13.8 Å². The van der Waals surface area contributed by atoms with E-state index in [0.717, 1.165) is 29.2 Å². The van der Waals surface area contributed by atoms with Crippen molar-refractivity contribution in [2.75, 3.05) is 11.9 Å². The predicted octanol–water partition coefficient (Wildman–Crippen LogP) is 3.54. The van der Waals surface area contributed by atoms with E-state index in [2.05, 4.69) is 15.3 Å². The van der Waals surface area contributed by atoms with Crippen LogP contribution in [0.15, 0.2) is 30.6 Å². The van der Waals surface area contributed by atoms with Gasteiger partial charge < -0.3 is 5.32 Å². The monoisotopic (exact) mass is 247 g/mol. The van der Waals surface area contributed by atoms with Gasteiger partial charge in [-0.05, 0) is 19.9 Å². The van der Waals surface area contributed by atoms with Crippen LogP contribution in [0.1, 0.15) is 12.5 Å². The van der Waals surface area contributed by atoms with Crippen molar-refractivity contribution in [2.24, 2.45) is 0 Å². The SMILES string of the molecule is CCNc1ncnc(-c2ccccc2Cl)c1C. The second-order valence-electron chi connectivity index (χ2n) is 3.71. The molecule has 0 aliphatic rings. The molecule has 0 radical (unpaired) electrons. The van der Waals surface area contributed by atoms with Gasteiger partial charge in [0.15, 0.2) is 0 Å². The van der Waals surface area contributed by atoms with Gasteiger partial charge in [0.05, 0.1) is 5.69 Å². The first-order chi connectivity index (χ1) is 8.24. The molecule has 0 atom stereocenters. The number of aromatic nitrogens is 2. The van der Waals surface area contributed by atoms with Gasteiger partial charge in [0.25, 0.3) is 0 Å². The predicted molar refractivity (Wildman–Crippen MR) is 71.4 cm³/mol. The van der Waals surface area contributed by atoms with Crippen LogP contribution in [-0.2, 0) is 0 Å². The molecule has 2 rings (SSSR count). The lowest BCUT2D eigenvalue weighted by Crippen LogP contribution is -2.03. The Hall–Kier alpha value is -1.61. The fraction of sp³-hybridized carbons (Fsp3) is 0.231. The lowest BCUT2D eigenvalue weighted by Gasteiger charge is -2.11. The fourth-order valence-corrected chi connectivity index (χ4v) is 1.95. The van der Waals surface area contributed by atoms with E-state index in [9.17, 15) is 0 Å². The van der Waals surface area contributed by atoms with E-state index < -0.39 is 0 Å². The van der Waals surface area contributed by atoms with Gasteiger partial charge >= 0.3 is 0 Å². The highest BCUT2D eigenvalue weighted by Gasteiger charge is 2.10. The summed E-state index contributed by atoms with van der Waals surface area (Å²) in [6.45, 7) is 4.87. The normalized spacial score (nSPS) is 10.3. The molecule has 1 aromatic carbocycles. The molecule has 0 aliphatic heterocycles. The van der Waals surface area contributed by atoms with Gasteiger partial charge in [-0.2, -0.15) is 0 Å². The number of anilines is 1. The molecule has 0 fully saturated rings. The highest BCUT2D eigenvalue weighted by molar-refractivity contribution is 6.33. The molecule has 2 aromatic rings. The lowest BCUT2D eigenvalue weighted by molar-refractivity contribution is 1.09. The Morgan fingerprint density at radius 1 is 1.24 bits per heavy atom. The van der Waals surface area contributed by atoms with Crippen molar-refractivity contribution < 1.29 is 0 Å². The van der Waals surface area contributed by atoms with Crippen LogP contribution < -0.4 is 5.32 Å². The average molecular weight is 248 g/mol. The summed E-state index contributed by atoms with van der Waals surface area (Å²) in [6, 6.07) is 7.70. The Bertz CT molecular complexity index is 526. The first kappa shape index (κ1) is 11.9. The summed E-state index contributed by atoms with van der Waals surface area (Å²) in [6.07, 6.45) is 1.56. The van der Waals surface area contributed by atoms with E-state index in [-0.39, 0.29) is 0 Å². The number of hydrogen-bond acceptors (Lipinski definition) is 3.